The molecule has 2 amide bonds. The van der Waals surface area contributed by atoms with Gasteiger partial charge in [0.2, 0.25) is 5.91 Å². The smallest absolute Gasteiger partial charge is 0.397 e. The van der Waals surface area contributed by atoms with Crippen molar-refractivity contribution in [3.8, 4) is 0 Å². The Bertz CT molecular complexity index is 290. The molecule has 0 N–H and O–H groups in total. The van der Waals surface area contributed by atoms with E-state index in [1.807, 2.05) is 0 Å². The molecule has 1 rings (SSSR count). The van der Waals surface area contributed by atoms with E-state index < -0.39 is 11.9 Å². The van der Waals surface area contributed by atoms with Crippen molar-refractivity contribution in [2.75, 3.05) is 33.3 Å². The van der Waals surface area contributed by atoms with Crippen molar-refractivity contribution < 1.29 is 19.1 Å². The van der Waals surface area contributed by atoms with Gasteiger partial charge in [-0.15, -0.1) is 0 Å². The first-order valence-electron chi connectivity index (χ1n) is 4.76. The SMILES string of the molecule is CCOC(=O)C(=O)N1CCN(C)C(=O)C1. The predicted molar refractivity (Wildman–Crippen MR) is 50.9 cm³/mol. The number of carbonyl (C=O) groups excluding carboxylic acids is 3. The van der Waals surface area contributed by atoms with Gasteiger partial charge in [-0.05, 0) is 6.92 Å². The maximum Gasteiger partial charge on any atom is 0.397 e. The summed E-state index contributed by atoms with van der Waals surface area (Å²) in [6.07, 6.45) is 0. The van der Waals surface area contributed by atoms with Gasteiger partial charge in [0, 0.05) is 20.1 Å². The summed E-state index contributed by atoms with van der Waals surface area (Å²) in [6, 6.07) is 0. The van der Waals surface area contributed by atoms with Crippen molar-refractivity contribution in [2.24, 2.45) is 0 Å². The summed E-state index contributed by atoms with van der Waals surface area (Å²) in [6.45, 7) is 2.56. The highest BCUT2D eigenvalue weighted by Gasteiger charge is 2.29. The largest absolute Gasteiger partial charge is 0.459 e. The number of hydrogen-bond donors (Lipinski definition) is 0. The number of esters is 1. The van der Waals surface area contributed by atoms with Crippen molar-refractivity contribution in [1.82, 2.24) is 9.80 Å². The highest BCUT2D eigenvalue weighted by atomic mass is 16.5. The monoisotopic (exact) mass is 214 g/mol. The fraction of sp³-hybridized carbons (Fsp3) is 0.667. The van der Waals surface area contributed by atoms with Gasteiger partial charge >= 0.3 is 11.9 Å². The van der Waals surface area contributed by atoms with Crippen LogP contribution in [0, 0.1) is 0 Å². The highest BCUT2D eigenvalue weighted by Crippen LogP contribution is 2.02. The van der Waals surface area contributed by atoms with E-state index in [0.717, 1.165) is 0 Å². The Balaban J connectivity index is 2.54. The van der Waals surface area contributed by atoms with Gasteiger partial charge in [-0.1, -0.05) is 0 Å². The van der Waals surface area contributed by atoms with Crippen LogP contribution >= 0.6 is 0 Å². The number of ether oxygens (including phenoxy) is 1. The van der Waals surface area contributed by atoms with Crippen LogP contribution in [0.15, 0.2) is 0 Å². The Hall–Kier alpha value is -1.59. The van der Waals surface area contributed by atoms with E-state index in [2.05, 4.69) is 4.74 Å². The lowest BCUT2D eigenvalue weighted by Gasteiger charge is -2.31. The molecule has 6 nitrogen and oxygen atoms in total. The molecule has 0 aliphatic carbocycles. The number of likely N-dealkylation sites (N-methyl/N-ethyl adjacent to an activating group) is 1. The predicted octanol–water partition coefficient (Wildman–Crippen LogP) is -1.15. The molecule has 84 valence electrons. The van der Waals surface area contributed by atoms with E-state index in [0.29, 0.717) is 13.1 Å². The molecule has 0 aromatic heterocycles. The second-order valence-corrected chi connectivity index (χ2v) is 3.26. The minimum absolute atomic E-state index is 0.0475. The molecule has 1 heterocycles. The molecule has 0 unspecified atom stereocenters. The van der Waals surface area contributed by atoms with Crippen LogP contribution in [-0.4, -0.2) is 60.9 Å². The van der Waals surface area contributed by atoms with Crippen molar-refractivity contribution in [2.45, 2.75) is 6.92 Å². The zero-order valence-corrected chi connectivity index (χ0v) is 8.86. The standard InChI is InChI=1S/C9H14N2O4/c1-3-15-9(14)8(13)11-5-4-10(2)7(12)6-11/h3-6H2,1-2H3. The van der Waals surface area contributed by atoms with Crippen LogP contribution in [0.3, 0.4) is 0 Å². The minimum atomic E-state index is -0.894. The maximum atomic E-state index is 11.4. The molecule has 1 fully saturated rings. The van der Waals surface area contributed by atoms with E-state index in [1.165, 1.54) is 9.80 Å². The third kappa shape index (κ3) is 2.68. The molecule has 0 atom stereocenters. The molecular weight excluding hydrogens is 200 g/mol. The molecule has 0 aromatic carbocycles. The quantitative estimate of drug-likeness (QED) is 0.408. The summed E-state index contributed by atoms with van der Waals surface area (Å²) in [5, 5.41) is 0. The van der Waals surface area contributed by atoms with Gasteiger partial charge in [-0.3, -0.25) is 9.59 Å². The molecule has 15 heavy (non-hydrogen) atoms. The molecule has 0 saturated carbocycles. The number of rotatable bonds is 1. The normalized spacial score (nSPS) is 16.5. The lowest BCUT2D eigenvalue weighted by Crippen LogP contribution is -2.52. The zero-order chi connectivity index (χ0) is 11.4. The van der Waals surface area contributed by atoms with Crippen molar-refractivity contribution >= 4 is 17.8 Å². The Morgan fingerprint density at radius 3 is 2.60 bits per heavy atom. The number of nitrogens with zero attached hydrogens (tertiary/aromatic N) is 2. The highest BCUT2D eigenvalue weighted by molar-refractivity contribution is 6.32. The molecule has 6 heteroatoms. The van der Waals surface area contributed by atoms with Crippen LogP contribution in [0.4, 0.5) is 0 Å². The van der Waals surface area contributed by atoms with E-state index in [-0.39, 0.29) is 19.1 Å². The second kappa shape index (κ2) is 4.77. The molecular formula is C9H14N2O4. The van der Waals surface area contributed by atoms with Gasteiger partial charge in [0.05, 0.1) is 6.61 Å². The van der Waals surface area contributed by atoms with Crippen LogP contribution in [0.2, 0.25) is 0 Å². The Labute approximate surface area is 87.8 Å². The second-order valence-electron chi connectivity index (χ2n) is 3.26. The van der Waals surface area contributed by atoms with Gasteiger partial charge in [-0.2, -0.15) is 0 Å². The van der Waals surface area contributed by atoms with Gasteiger partial charge in [0.25, 0.3) is 0 Å². The maximum absolute atomic E-state index is 11.4. The van der Waals surface area contributed by atoms with E-state index in [9.17, 15) is 14.4 Å². The first-order chi connectivity index (χ1) is 7.06. The van der Waals surface area contributed by atoms with Crippen molar-refractivity contribution in [3.05, 3.63) is 0 Å². The van der Waals surface area contributed by atoms with Crippen LogP contribution in [0.25, 0.3) is 0 Å². The summed E-state index contributed by atoms with van der Waals surface area (Å²) in [4.78, 5) is 36.5. The zero-order valence-electron chi connectivity index (χ0n) is 8.86. The van der Waals surface area contributed by atoms with E-state index in [1.54, 1.807) is 14.0 Å². The lowest BCUT2D eigenvalue weighted by molar-refractivity contribution is -0.162. The minimum Gasteiger partial charge on any atom is -0.459 e. The van der Waals surface area contributed by atoms with Gasteiger partial charge in [0.15, 0.2) is 0 Å². The fourth-order valence-electron chi connectivity index (χ4n) is 1.25. The van der Waals surface area contributed by atoms with Crippen LogP contribution in [-0.2, 0) is 19.1 Å². The molecule has 1 saturated heterocycles. The Morgan fingerprint density at radius 2 is 2.07 bits per heavy atom. The average molecular weight is 214 g/mol. The number of piperazine rings is 1. The van der Waals surface area contributed by atoms with E-state index in [4.69, 9.17) is 0 Å². The summed E-state index contributed by atoms with van der Waals surface area (Å²) in [5.74, 6) is -1.80. The molecule has 1 aliphatic heterocycles. The summed E-state index contributed by atoms with van der Waals surface area (Å²) < 4.78 is 4.56. The fourth-order valence-corrected chi connectivity index (χ4v) is 1.25. The number of hydrogen-bond acceptors (Lipinski definition) is 4. The summed E-state index contributed by atoms with van der Waals surface area (Å²) in [7, 11) is 1.66. The third-order valence-electron chi connectivity index (χ3n) is 2.19. The Kier molecular flexibility index (Phi) is 3.65. The average Bonchev–Trinajstić information content (AvgIpc) is 2.21. The molecule has 0 bridgehead atoms. The molecule has 1 aliphatic rings. The topological polar surface area (TPSA) is 66.9 Å². The van der Waals surface area contributed by atoms with Crippen molar-refractivity contribution in [1.29, 1.82) is 0 Å². The van der Waals surface area contributed by atoms with E-state index >= 15 is 0 Å². The van der Waals surface area contributed by atoms with Gasteiger partial charge in [0.1, 0.15) is 6.54 Å². The first kappa shape index (κ1) is 11.5. The third-order valence-corrected chi connectivity index (χ3v) is 2.19. The van der Waals surface area contributed by atoms with Gasteiger partial charge < -0.3 is 14.5 Å². The van der Waals surface area contributed by atoms with Crippen LogP contribution in [0.5, 0.6) is 0 Å². The Morgan fingerprint density at radius 1 is 1.40 bits per heavy atom. The molecule has 0 aromatic rings. The van der Waals surface area contributed by atoms with Crippen LogP contribution in [0.1, 0.15) is 6.92 Å². The van der Waals surface area contributed by atoms with Crippen molar-refractivity contribution in [3.63, 3.8) is 0 Å². The number of amides is 2. The molecule has 0 radical (unpaired) electrons. The lowest BCUT2D eigenvalue weighted by atomic mass is 10.3. The van der Waals surface area contributed by atoms with Crippen LogP contribution < -0.4 is 0 Å². The first-order valence-corrected chi connectivity index (χ1v) is 4.76. The number of carbonyl (C=O) groups is 3. The summed E-state index contributed by atoms with van der Waals surface area (Å²) >= 11 is 0. The molecule has 0 spiro atoms. The summed E-state index contributed by atoms with van der Waals surface area (Å²) in [5.41, 5.74) is 0. The van der Waals surface area contributed by atoms with Gasteiger partial charge in [-0.25, -0.2) is 4.79 Å².